The van der Waals surface area contributed by atoms with E-state index < -0.39 is 12.0 Å². The van der Waals surface area contributed by atoms with Crippen LogP contribution in [0.2, 0.25) is 5.02 Å². The molecule has 1 aromatic rings. The number of carboxylic acids is 1. The van der Waals surface area contributed by atoms with E-state index in [1.165, 1.54) is 16.7 Å². The van der Waals surface area contributed by atoms with Crippen LogP contribution in [0.25, 0.3) is 0 Å². The molecule has 2 rings (SSSR count). The average Bonchev–Trinajstić information content (AvgIpc) is 2.95. The van der Waals surface area contributed by atoms with Gasteiger partial charge >= 0.3 is 5.97 Å². The molecule has 1 atom stereocenters. The third-order valence-corrected chi connectivity index (χ3v) is 5.47. The van der Waals surface area contributed by atoms with Crippen molar-refractivity contribution in [1.29, 1.82) is 0 Å². The smallest absolute Gasteiger partial charge is 0.327 e. The van der Waals surface area contributed by atoms with E-state index in [0.717, 1.165) is 17.1 Å². The van der Waals surface area contributed by atoms with E-state index in [0.29, 0.717) is 23.1 Å². The van der Waals surface area contributed by atoms with Crippen molar-refractivity contribution in [2.24, 2.45) is 0 Å². The number of carboxylic acid groups (broad SMARTS) is 1. The standard InChI is InChI=1S/C14H16ClNO3S2/c15-10-3-5-11(6-4-10)21-7-1-2-13(17)16-9-20-8-12(16)14(18)19/h3-6,12H,1-2,7-9H2,(H,18,19). The highest BCUT2D eigenvalue weighted by molar-refractivity contribution is 7.99. The van der Waals surface area contributed by atoms with Gasteiger partial charge in [0.05, 0.1) is 5.88 Å². The van der Waals surface area contributed by atoms with Gasteiger partial charge in [-0.3, -0.25) is 4.79 Å². The highest BCUT2D eigenvalue weighted by Crippen LogP contribution is 2.24. The largest absolute Gasteiger partial charge is 0.480 e. The zero-order valence-electron chi connectivity index (χ0n) is 11.3. The summed E-state index contributed by atoms with van der Waals surface area (Å²) in [6.07, 6.45) is 1.13. The number of nitrogens with zero attached hydrogens (tertiary/aromatic N) is 1. The predicted octanol–water partition coefficient (Wildman–Crippen LogP) is 3.20. The second kappa shape index (κ2) is 7.96. The van der Waals surface area contributed by atoms with Crippen LogP contribution in [0.15, 0.2) is 29.2 Å². The van der Waals surface area contributed by atoms with Crippen LogP contribution < -0.4 is 0 Å². The Morgan fingerprint density at radius 3 is 2.76 bits per heavy atom. The summed E-state index contributed by atoms with van der Waals surface area (Å²) in [6, 6.07) is 6.92. The topological polar surface area (TPSA) is 57.6 Å². The molecule has 114 valence electrons. The molecule has 21 heavy (non-hydrogen) atoms. The highest BCUT2D eigenvalue weighted by atomic mass is 35.5. The number of rotatable bonds is 6. The Morgan fingerprint density at radius 2 is 2.10 bits per heavy atom. The van der Waals surface area contributed by atoms with Crippen LogP contribution in [0.5, 0.6) is 0 Å². The molecule has 0 aliphatic carbocycles. The highest BCUT2D eigenvalue weighted by Gasteiger charge is 2.33. The van der Waals surface area contributed by atoms with Crippen molar-refractivity contribution in [1.82, 2.24) is 4.90 Å². The maximum absolute atomic E-state index is 12.0. The number of carbonyl (C=O) groups is 2. The van der Waals surface area contributed by atoms with E-state index in [-0.39, 0.29) is 5.91 Å². The van der Waals surface area contributed by atoms with Crippen LogP contribution in [-0.4, -0.2) is 45.3 Å². The third kappa shape index (κ3) is 4.83. The van der Waals surface area contributed by atoms with E-state index in [2.05, 4.69) is 0 Å². The molecule has 7 heteroatoms. The third-order valence-electron chi connectivity index (χ3n) is 3.11. The summed E-state index contributed by atoms with van der Waals surface area (Å²) < 4.78 is 0. The molecule has 1 unspecified atom stereocenters. The maximum atomic E-state index is 12.0. The number of hydrogen-bond donors (Lipinski definition) is 1. The number of thioether (sulfide) groups is 2. The average molecular weight is 346 g/mol. The predicted molar refractivity (Wildman–Crippen MR) is 87.0 cm³/mol. The summed E-state index contributed by atoms with van der Waals surface area (Å²) in [6.45, 7) is 0. The monoisotopic (exact) mass is 345 g/mol. The van der Waals surface area contributed by atoms with Crippen LogP contribution in [0, 0.1) is 0 Å². The molecule has 1 amide bonds. The van der Waals surface area contributed by atoms with Gasteiger partial charge in [0.15, 0.2) is 0 Å². The Kier molecular flexibility index (Phi) is 6.26. The van der Waals surface area contributed by atoms with E-state index in [1.54, 1.807) is 11.8 Å². The lowest BCUT2D eigenvalue weighted by molar-refractivity contribution is -0.147. The first-order chi connectivity index (χ1) is 10.1. The number of aliphatic carboxylic acids is 1. The minimum absolute atomic E-state index is 0.0656. The Bertz CT molecular complexity index is 509. The van der Waals surface area contributed by atoms with E-state index >= 15 is 0 Å². The number of amides is 1. The maximum Gasteiger partial charge on any atom is 0.327 e. The van der Waals surface area contributed by atoms with Gasteiger partial charge in [0.2, 0.25) is 5.91 Å². The van der Waals surface area contributed by atoms with E-state index in [1.807, 2.05) is 24.3 Å². The fourth-order valence-electron chi connectivity index (χ4n) is 1.98. The van der Waals surface area contributed by atoms with Crippen LogP contribution in [0.4, 0.5) is 0 Å². The van der Waals surface area contributed by atoms with Crippen molar-refractivity contribution in [2.75, 3.05) is 17.4 Å². The Hall–Kier alpha value is -0.850. The molecular weight excluding hydrogens is 330 g/mol. The molecule has 1 aliphatic rings. The van der Waals surface area contributed by atoms with Gasteiger partial charge in [0.25, 0.3) is 0 Å². The van der Waals surface area contributed by atoms with Gasteiger partial charge in [-0.1, -0.05) is 11.6 Å². The minimum Gasteiger partial charge on any atom is -0.480 e. The van der Waals surface area contributed by atoms with Crippen LogP contribution in [0.1, 0.15) is 12.8 Å². The first-order valence-electron chi connectivity index (χ1n) is 6.56. The summed E-state index contributed by atoms with van der Waals surface area (Å²) in [4.78, 5) is 25.7. The fraction of sp³-hybridized carbons (Fsp3) is 0.429. The molecule has 0 aromatic heterocycles. The molecule has 0 spiro atoms. The van der Waals surface area contributed by atoms with E-state index in [9.17, 15) is 9.59 Å². The van der Waals surface area contributed by atoms with Gasteiger partial charge in [0.1, 0.15) is 6.04 Å². The van der Waals surface area contributed by atoms with Gasteiger partial charge in [0, 0.05) is 22.1 Å². The van der Waals surface area contributed by atoms with Crippen molar-refractivity contribution in [3.8, 4) is 0 Å². The molecule has 1 heterocycles. The normalized spacial score (nSPS) is 18.0. The minimum atomic E-state index is -0.913. The molecule has 1 N–H and O–H groups in total. The zero-order valence-corrected chi connectivity index (χ0v) is 13.7. The lowest BCUT2D eigenvalue weighted by Crippen LogP contribution is -2.41. The second-order valence-corrected chi connectivity index (χ2v) is 7.23. The molecule has 0 bridgehead atoms. The van der Waals surface area contributed by atoms with Gasteiger partial charge < -0.3 is 10.0 Å². The van der Waals surface area contributed by atoms with Crippen LogP contribution >= 0.6 is 35.1 Å². The number of carbonyl (C=O) groups excluding carboxylic acids is 1. The Balaban J connectivity index is 1.72. The molecular formula is C14H16ClNO3S2. The molecule has 1 fully saturated rings. The first-order valence-corrected chi connectivity index (χ1v) is 9.08. The van der Waals surface area contributed by atoms with Crippen molar-refractivity contribution in [3.05, 3.63) is 29.3 Å². The number of halogens is 1. The lowest BCUT2D eigenvalue weighted by atomic mass is 10.2. The summed E-state index contributed by atoms with van der Waals surface area (Å²) in [5.41, 5.74) is 0. The quantitative estimate of drug-likeness (QED) is 0.633. The first kappa shape index (κ1) is 16.5. The molecule has 0 saturated carbocycles. The molecule has 1 aromatic carbocycles. The lowest BCUT2D eigenvalue weighted by Gasteiger charge is -2.20. The fourth-order valence-corrected chi connectivity index (χ4v) is 4.13. The SMILES string of the molecule is O=C(O)C1CSCN1C(=O)CCCSc1ccc(Cl)cc1. The van der Waals surface area contributed by atoms with Gasteiger partial charge in [-0.2, -0.15) is 0 Å². The Labute approximate surface area is 137 Å². The van der Waals surface area contributed by atoms with E-state index in [4.69, 9.17) is 16.7 Å². The van der Waals surface area contributed by atoms with Crippen molar-refractivity contribution in [3.63, 3.8) is 0 Å². The number of benzene rings is 1. The van der Waals surface area contributed by atoms with Crippen molar-refractivity contribution >= 4 is 47.0 Å². The second-order valence-electron chi connectivity index (χ2n) is 4.62. The van der Waals surface area contributed by atoms with Gasteiger partial charge in [-0.25, -0.2) is 4.79 Å². The van der Waals surface area contributed by atoms with Gasteiger partial charge in [-0.05, 0) is 36.4 Å². The van der Waals surface area contributed by atoms with Crippen LogP contribution in [0.3, 0.4) is 0 Å². The Morgan fingerprint density at radius 1 is 1.38 bits per heavy atom. The zero-order chi connectivity index (χ0) is 15.2. The molecule has 4 nitrogen and oxygen atoms in total. The van der Waals surface area contributed by atoms with Crippen molar-refractivity contribution < 1.29 is 14.7 Å². The van der Waals surface area contributed by atoms with Gasteiger partial charge in [-0.15, -0.1) is 23.5 Å². The molecule has 1 saturated heterocycles. The van der Waals surface area contributed by atoms with Crippen LogP contribution in [-0.2, 0) is 9.59 Å². The summed E-state index contributed by atoms with van der Waals surface area (Å²) in [7, 11) is 0. The summed E-state index contributed by atoms with van der Waals surface area (Å²) in [5, 5.41) is 9.76. The van der Waals surface area contributed by atoms with Crippen molar-refractivity contribution in [2.45, 2.75) is 23.8 Å². The number of hydrogen-bond acceptors (Lipinski definition) is 4. The summed E-state index contributed by atoms with van der Waals surface area (Å²) >= 11 is 8.98. The molecule has 1 aliphatic heterocycles. The summed E-state index contributed by atoms with van der Waals surface area (Å²) in [5.74, 6) is 0.820. The molecule has 0 radical (unpaired) electrons.